The molecule has 0 fully saturated rings. The lowest BCUT2D eigenvalue weighted by Gasteiger charge is -2.16. The van der Waals surface area contributed by atoms with Crippen LogP contribution in [0.1, 0.15) is 23.5 Å². The van der Waals surface area contributed by atoms with Gasteiger partial charge >= 0.3 is 0 Å². The highest BCUT2D eigenvalue weighted by molar-refractivity contribution is 9.10. The van der Waals surface area contributed by atoms with Crippen molar-refractivity contribution in [1.29, 1.82) is 0 Å². The van der Waals surface area contributed by atoms with E-state index >= 15 is 0 Å². The van der Waals surface area contributed by atoms with Gasteiger partial charge < -0.3 is 5.32 Å². The Morgan fingerprint density at radius 2 is 2.22 bits per heavy atom. The Bertz CT molecular complexity index is 498. The summed E-state index contributed by atoms with van der Waals surface area (Å²) in [7, 11) is 0. The van der Waals surface area contributed by atoms with Crippen LogP contribution in [0.25, 0.3) is 0 Å². The number of nitrogens with zero attached hydrogens (tertiary/aromatic N) is 1. The van der Waals surface area contributed by atoms with Gasteiger partial charge in [0.2, 0.25) is 0 Å². The first-order valence-corrected chi connectivity index (χ1v) is 7.77. The van der Waals surface area contributed by atoms with Crippen molar-refractivity contribution in [3.63, 3.8) is 0 Å². The van der Waals surface area contributed by atoms with Gasteiger partial charge in [-0.3, -0.25) is 4.98 Å². The van der Waals surface area contributed by atoms with Crippen LogP contribution in [0.3, 0.4) is 0 Å². The molecule has 0 radical (unpaired) electrons. The maximum absolute atomic E-state index is 5.96. The second-order valence-corrected chi connectivity index (χ2v) is 6.64. The summed E-state index contributed by atoms with van der Waals surface area (Å²) in [6, 6.07) is 8.33. The summed E-state index contributed by atoms with van der Waals surface area (Å²) < 4.78 is 1.84. The van der Waals surface area contributed by atoms with E-state index in [4.69, 9.17) is 11.6 Å². The molecule has 0 aromatic carbocycles. The van der Waals surface area contributed by atoms with E-state index in [1.807, 2.05) is 24.4 Å². The third kappa shape index (κ3) is 3.79. The van der Waals surface area contributed by atoms with E-state index in [-0.39, 0.29) is 6.04 Å². The lowest BCUT2D eigenvalue weighted by atomic mass is 10.1. The molecule has 1 atom stereocenters. The first-order chi connectivity index (χ1) is 8.69. The third-order valence-electron chi connectivity index (χ3n) is 2.59. The standard InChI is InChI=1S/C13H14BrClN2S/c1-2-16-12(7-10-4-6-13(15)18-10)11-5-3-9(14)8-17-11/h3-6,8,12,16H,2,7H2,1H3. The quantitative estimate of drug-likeness (QED) is 0.866. The minimum Gasteiger partial charge on any atom is -0.309 e. The second kappa shape index (κ2) is 6.66. The average molecular weight is 346 g/mol. The molecule has 2 nitrogen and oxygen atoms in total. The molecule has 1 N–H and O–H groups in total. The van der Waals surface area contributed by atoms with Gasteiger partial charge in [-0.1, -0.05) is 18.5 Å². The van der Waals surface area contributed by atoms with Gasteiger partial charge in [-0.05, 0) is 46.7 Å². The highest BCUT2D eigenvalue weighted by Gasteiger charge is 2.13. The number of halogens is 2. The summed E-state index contributed by atoms with van der Waals surface area (Å²) in [4.78, 5) is 5.74. The Morgan fingerprint density at radius 3 is 2.78 bits per heavy atom. The maximum atomic E-state index is 5.96. The van der Waals surface area contributed by atoms with Crippen LogP contribution in [0.15, 0.2) is 34.9 Å². The monoisotopic (exact) mass is 344 g/mol. The zero-order chi connectivity index (χ0) is 13.0. The molecule has 0 bridgehead atoms. The number of nitrogens with one attached hydrogen (secondary N) is 1. The van der Waals surface area contributed by atoms with Gasteiger partial charge in [0.05, 0.1) is 16.1 Å². The number of thiophene rings is 1. The van der Waals surface area contributed by atoms with Crippen LogP contribution in [-0.2, 0) is 6.42 Å². The van der Waals surface area contributed by atoms with Crippen molar-refractivity contribution in [2.24, 2.45) is 0 Å². The zero-order valence-electron chi connectivity index (χ0n) is 9.99. The molecule has 0 saturated carbocycles. The number of rotatable bonds is 5. The molecular formula is C13H14BrClN2S. The molecule has 1 unspecified atom stereocenters. The van der Waals surface area contributed by atoms with Gasteiger partial charge in [-0.2, -0.15) is 0 Å². The minimum atomic E-state index is 0.234. The summed E-state index contributed by atoms with van der Waals surface area (Å²) in [5, 5.41) is 3.46. The molecule has 0 aliphatic rings. The first kappa shape index (κ1) is 14.0. The average Bonchev–Trinajstić information content (AvgIpc) is 2.75. The van der Waals surface area contributed by atoms with Crippen LogP contribution in [0.5, 0.6) is 0 Å². The van der Waals surface area contributed by atoms with Gasteiger partial charge in [0.1, 0.15) is 0 Å². The van der Waals surface area contributed by atoms with E-state index in [1.165, 1.54) is 4.88 Å². The van der Waals surface area contributed by atoms with E-state index in [2.05, 4.69) is 39.2 Å². The summed E-state index contributed by atoms with van der Waals surface area (Å²) in [5.74, 6) is 0. The van der Waals surface area contributed by atoms with Crippen LogP contribution in [-0.4, -0.2) is 11.5 Å². The largest absolute Gasteiger partial charge is 0.309 e. The predicted octanol–water partition coefficient (Wildman–Crippen LogP) is 4.45. The number of aromatic nitrogens is 1. The third-order valence-corrected chi connectivity index (χ3v) is 4.31. The normalized spacial score (nSPS) is 12.6. The Labute approximate surface area is 125 Å². The zero-order valence-corrected chi connectivity index (χ0v) is 13.1. The maximum Gasteiger partial charge on any atom is 0.0931 e. The number of pyridine rings is 1. The Morgan fingerprint density at radius 1 is 1.39 bits per heavy atom. The summed E-state index contributed by atoms with van der Waals surface area (Å²) in [6.45, 7) is 3.02. The minimum absolute atomic E-state index is 0.234. The van der Waals surface area contributed by atoms with Gasteiger partial charge in [0.15, 0.2) is 0 Å². The highest BCUT2D eigenvalue weighted by Crippen LogP contribution is 2.26. The fraction of sp³-hybridized carbons (Fsp3) is 0.308. The molecule has 96 valence electrons. The molecule has 2 aromatic rings. The lowest BCUT2D eigenvalue weighted by molar-refractivity contribution is 0.540. The van der Waals surface area contributed by atoms with Crippen molar-refractivity contribution < 1.29 is 0 Å². The van der Waals surface area contributed by atoms with Crippen molar-refractivity contribution in [1.82, 2.24) is 10.3 Å². The van der Waals surface area contributed by atoms with Crippen LogP contribution in [0, 0.1) is 0 Å². The van der Waals surface area contributed by atoms with Crippen molar-refractivity contribution in [2.45, 2.75) is 19.4 Å². The van der Waals surface area contributed by atoms with E-state index in [0.717, 1.165) is 27.5 Å². The Hall–Kier alpha value is -0.420. The van der Waals surface area contributed by atoms with E-state index in [9.17, 15) is 0 Å². The lowest BCUT2D eigenvalue weighted by Crippen LogP contribution is -2.23. The molecule has 5 heteroatoms. The summed E-state index contributed by atoms with van der Waals surface area (Å²) in [6.07, 6.45) is 2.75. The topological polar surface area (TPSA) is 24.9 Å². The molecule has 18 heavy (non-hydrogen) atoms. The van der Waals surface area contributed by atoms with Crippen LogP contribution in [0.2, 0.25) is 4.34 Å². The van der Waals surface area contributed by atoms with Gasteiger partial charge in [-0.15, -0.1) is 11.3 Å². The van der Waals surface area contributed by atoms with Crippen molar-refractivity contribution in [3.05, 3.63) is 49.8 Å². The Kier molecular flexibility index (Phi) is 5.18. The molecule has 0 spiro atoms. The van der Waals surface area contributed by atoms with Gasteiger partial charge in [0.25, 0.3) is 0 Å². The molecule has 0 aliphatic heterocycles. The van der Waals surface area contributed by atoms with E-state index < -0.39 is 0 Å². The summed E-state index contributed by atoms with van der Waals surface area (Å²) in [5.41, 5.74) is 1.06. The predicted molar refractivity (Wildman–Crippen MR) is 81.4 cm³/mol. The summed E-state index contributed by atoms with van der Waals surface area (Å²) >= 11 is 11.0. The van der Waals surface area contributed by atoms with Crippen molar-refractivity contribution in [3.8, 4) is 0 Å². The van der Waals surface area contributed by atoms with Gasteiger partial charge in [-0.25, -0.2) is 0 Å². The molecule has 0 saturated heterocycles. The van der Waals surface area contributed by atoms with Crippen LogP contribution < -0.4 is 5.32 Å². The molecule has 2 heterocycles. The van der Waals surface area contributed by atoms with Crippen molar-refractivity contribution >= 4 is 38.9 Å². The molecular weight excluding hydrogens is 332 g/mol. The van der Waals surface area contributed by atoms with E-state index in [0.29, 0.717) is 0 Å². The molecule has 0 amide bonds. The molecule has 2 aromatic heterocycles. The molecule has 2 rings (SSSR count). The van der Waals surface area contributed by atoms with E-state index in [1.54, 1.807) is 11.3 Å². The number of hydrogen-bond acceptors (Lipinski definition) is 3. The second-order valence-electron chi connectivity index (χ2n) is 3.92. The Balaban J connectivity index is 2.14. The van der Waals surface area contributed by atoms with Crippen molar-refractivity contribution in [2.75, 3.05) is 6.54 Å². The fourth-order valence-electron chi connectivity index (χ4n) is 1.78. The number of likely N-dealkylation sites (N-methyl/N-ethyl adjacent to an activating group) is 1. The smallest absolute Gasteiger partial charge is 0.0931 e. The first-order valence-electron chi connectivity index (χ1n) is 5.78. The highest BCUT2D eigenvalue weighted by atomic mass is 79.9. The van der Waals surface area contributed by atoms with Gasteiger partial charge in [0, 0.05) is 22.0 Å². The van der Waals surface area contributed by atoms with Crippen LogP contribution >= 0.6 is 38.9 Å². The molecule has 0 aliphatic carbocycles. The SMILES string of the molecule is CCNC(Cc1ccc(Cl)s1)c1ccc(Br)cn1. The van der Waals surface area contributed by atoms with Crippen LogP contribution in [0.4, 0.5) is 0 Å². The number of hydrogen-bond donors (Lipinski definition) is 1. The fourth-order valence-corrected chi connectivity index (χ4v) is 3.15.